The number of nitrogens with one attached hydrogen (secondary N) is 1. The number of ether oxygens (including phenoxy) is 4. The highest BCUT2D eigenvalue weighted by molar-refractivity contribution is 5.76. The molecule has 93 heavy (non-hydrogen) atoms. The van der Waals surface area contributed by atoms with E-state index in [1.165, 1.54) is 218 Å². The van der Waals surface area contributed by atoms with Gasteiger partial charge in [0.15, 0.2) is 12.6 Å². The lowest BCUT2D eigenvalue weighted by Gasteiger charge is -2.46. The Balaban J connectivity index is 1.61. The van der Waals surface area contributed by atoms with E-state index in [9.17, 15) is 45.6 Å². The fraction of sp³-hybridized carbons (Fsp3) is 0.810. The molecule has 2 heterocycles. The lowest BCUT2D eigenvalue weighted by Crippen LogP contribution is -2.65. The summed E-state index contributed by atoms with van der Waals surface area (Å²) in [4.78, 5) is 13.4. The van der Waals surface area contributed by atoms with Crippen molar-refractivity contribution in [1.82, 2.24) is 5.32 Å². The summed E-state index contributed by atoms with van der Waals surface area (Å²) in [6.45, 7) is 2.71. The van der Waals surface area contributed by atoms with Gasteiger partial charge in [-0.1, -0.05) is 317 Å². The van der Waals surface area contributed by atoms with Gasteiger partial charge in [-0.05, 0) is 77.0 Å². The topological polar surface area (TPSA) is 228 Å². The quantitative estimate of drug-likeness (QED) is 0.0204. The number of aliphatic hydroxyl groups is 8. The van der Waals surface area contributed by atoms with Gasteiger partial charge in [0, 0.05) is 6.42 Å². The van der Waals surface area contributed by atoms with Crippen molar-refractivity contribution in [3.05, 3.63) is 85.1 Å². The molecule has 0 bridgehead atoms. The lowest BCUT2D eigenvalue weighted by atomic mass is 9.97. The molecule has 2 aliphatic rings. The normalized spacial score (nSPS) is 23.0. The van der Waals surface area contributed by atoms with E-state index in [2.05, 4.69) is 92.1 Å². The number of carbonyl (C=O) groups excluding carboxylic acids is 1. The average molecular weight is 1310 g/mol. The molecule has 1 amide bonds. The second kappa shape index (κ2) is 62.7. The van der Waals surface area contributed by atoms with E-state index >= 15 is 0 Å². The maximum Gasteiger partial charge on any atom is 0.220 e. The number of hydrogen-bond donors (Lipinski definition) is 9. The van der Waals surface area contributed by atoms with Crippen molar-refractivity contribution in [3.63, 3.8) is 0 Å². The lowest BCUT2D eigenvalue weighted by molar-refractivity contribution is -0.359. The van der Waals surface area contributed by atoms with Gasteiger partial charge in [-0.3, -0.25) is 4.79 Å². The smallest absolute Gasteiger partial charge is 0.220 e. The SMILES string of the molecule is CC/C=C\C/C=C\C/C=C\C/C=C\C/C=C\CCCCCCCCCCCCCCCCCCCCCCCC(=O)NC(COC1OC(CO)C(OC2OC(CO)C(O)C(O)C2O)C(O)C1O)C(O)/C=C/CC/C=C/CCCCCCCCCCCCCCCCCC. The van der Waals surface area contributed by atoms with E-state index in [1.807, 2.05) is 6.08 Å². The van der Waals surface area contributed by atoms with Crippen LogP contribution >= 0.6 is 0 Å². The van der Waals surface area contributed by atoms with Gasteiger partial charge in [-0.2, -0.15) is 0 Å². The van der Waals surface area contributed by atoms with Gasteiger partial charge in [-0.25, -0.2) is 0 Å². The second-order valence-corrected chi connectivity index (χ2v) is 26.7. The predicted octanol–water partition coefficient (Wildman–Crippen LogP) is 16.7. The van der Waals surface area contributed by atoms with Gasteiger partial charge in [0.05, 0.1) is 32.0 Å². The molecular formula is C79H141NO13. The molecule has 14 nitrogen and oxygen atoms in total. The maximum absolute atomic E-state index is 13.4. The highest BCUT2D eigenvalue weighted by Gasteiger charge is 2.51. The van der Waals surface area contributed by atoms with Crippen LogP contribution in [0.15, 0.2) is 85.1 Å². The van der Waals surface area contributed by atoms with Gasteiger partial charge in [0.2, 0.25) is 5.91 Å². The summed E-state index contributed by atoms with van der Waals surface area (Å²) >= 11 is 0. The van der Waals surface area contributed by atoms with Gasteiger partial charge in [0.25, 0.3) is 0 Å². The van der Waals surface area contributed by atoms with Crippen LogP contribution in [0.5, 0.6) is 0 Å². The minimum Gasteiger partial charge on any atom is -0.394 e. The van der Waals surface area contributed by atoms with Crippen LogP contribution in [0.4, 0.5) is 0 Å². The Morgan fingerprint density at radius 1 is 0.398 bits per heavy atom. The maximum atomic E-state index is 13.4. The van der Waals surface area contributed by atoms with Crippen molar-refractivity contribution < 1.29 is 64.6 Å². The highest BCUT2D eigenvalue weighted by atomic mass is 16.7. The molecule has 12 unspecified atom stereocenters. The zero-order chi connectivity index (χ0) is 67.3. The van der Waals surface area contributed by atoms with Gasteiger partial charge < -0.3 is 65.1 Å². The number of aliphatic hydroxyl groups excluding tert-OH is 8. The molecule has 2 rings (SSSR count). The van der Waals surface area contributed by atoms with Crippen LogP contribution in [0.2, 0.25) is 0 Å². The molecule has 2 saturated heterocycles. The summed E-state index contributed by atoms with van der Waals surface area (Å²) in [6, 6.07) is -0.935. The van der Waals surface area contributed by atoms with Crippen molar-refractivity contribution >= 4 is 5.91 Å². The Hall–Kier alpha value is -2.83. The summed E-state index contributed by atoms with van der Waals surface area (Å²) in [5.41, 5.74) is 0. The van der Waals surface area contributed by atoms with Crippen molar-refractivity contribution in [1.29, 1.82) is 0 Å². The summed E-state index contributed by atoms with van der Waals surface area (Å²) in [5.74, 6) is -0.245. The van der Waals surface area contributed by atoms with Crippen LogP contribution in [0.25, 0.3) is 0 Å². The third-order valence-corrected chi connectivity index (χ3v) is 18.3. The molecule has 0 aromatic carbocycles. The highest BCUT2D eigenvalue weighted by Crippen LogP contribution is 2.30. The van der Waals surface area contributed by atoms with Crippen molar-refractivity contribution in [2.45, 2.75) is 389 Å². The Kier molecular flexibility index (Phi) is 58.1. The van der Waals surface area contributed by atoms with E-state index in [0.29, 0.717) is 12.8 Å². The van der Waals surface area contributed by atoms with Gasteiger partial charge >= 0.3 is 0 Å². The van der Waals surface area contributed by atoms with E-state index in [-0.39, 0.29) is 18.9 Å². The van der Waals surface area contributed by atoms with Crippen LogP contribution in [-0.4, -0.2) is 140 Å². The summed E-state index contributed by atoms with van der Waals surface area (Å²) in [5, 5.41) is 87.5. The first-order chi connectivity index (χ1) is 45.6. The summed E-state index contributed by atoms with van der Waals surface area (Å²) < 4.78 is 22.9. The Morgan fingerprint density at radius 2 is 0.753 bits per heavy atom. The van der Waals surface area contributed by atoms with Crippen LogP contribution in [0, 0.1) is 0 Å². The van der Waals surface area contributed by atoms with Crippen molar-refractivity contribution in [2.24, 2.45) is 0 Å². The minimum absolute atomic E-state index is 0.245. The molecule has 0 spiro atoms. The molecule has 2 aliphatic heterocycles. The summed E-state index contributed by atoms with van der Waals surface area (Å²) in [7, 11) is 0. The average Bonchev–Trinajstić information content (AvgIpc) is 0.852. The van der Waals surface area contributed by atoms with Crippen LogP contribution in [0.1, 0.15) is 316 Å². The van der Waals surface area contributed by atoms with Crippen molar-refractivity contribution in [2.75, 3.05) is 19.8 Å². The van der Waals surface area contributed by atoms with Gasteiger partial charge in [0.1, 0.15) is 48.8 Å². The first-order valence-electron chi connectivity index (χ1n) is 38.3. The third-order valence-electron chi connectivity index (χ3n) is 18.3. The number of rotatable bonds is 63. The van der Waals surface area contributed by atoms with Gasteiger partial charge in [-0.15, -0.1) is 0 Å². The first-order valence-corrected chi connectivity index (χ1v) is 38.3. The molecule has 9 N–H and O–H groups in total. The molecule has 14 heteroatoms. The van der Waals surface area contributed by atoms with E-state index in [0.717, 1.165) is 64.2 Å². The molecule has 0 aliphatic carbocycles. The molecule has 540 valence electrons. The zero-order valence-electron chi connectivity index (χ0n) is 59.0. The number of allylic oxidation sites excluding steroid dienone is 13. The second-order valence-electron chi connectivity index (χ2n) is 26.7. The van der Waals surface area contributed by atoms with Crippen molar-refractivity contribution in [3.8, 4) is 0 Å². The zero-order valence-corrected chi connectivity index (χ0v) is 59.0. The summed E-state index contributed by atoms with van der Waals surface area (Å²) in [6.07, 6.45) is 70.9. The van der Waals surface area contributed by atoms with E-state index < -0.39 is 86.8 Å². The fourth-order valence-corrected chi connectivity index (χ4v) is 12.3. The van der Waals surface area contributed by atoms with Crippen LogP contribution in [0.3, 0.4) is 0 Å². The first kappa shape index (κ1) is 86.3. The largest absolute Gasteiger partial charge is 0.394 e. The Morgan fingerprint density at radius 3 is 1.18 bits per heavy atom. The molecule has 12 atom stereocenters. The van der Waals surface area contributed by atoms with Crippen LogP contribution < -0.4 is 5.32 Å². The van der Waals surface area contributed by atoms with E-state index in [1.54, 1.807) is 6.08 Å². The molecular weight excluding hydrogens is 1170 g/mol. The Bertz CT molecular complexity index is 1890. The predicted molar refractivity (Wildman–Crippen MR) is 383 cm³/mol. The monoisotopic (exact) mass is 1310 g/mol. The third kappa shape index (κ3) is 46.1. The number of carbonyl (C=O) groups is 1. The number of hydrogen-bond acceptors (Lipinski definition) is 13. The molecule has 0 saturated carbocycles. The number of amides is 1. The number of unbranched alkanes of at least 4 members (excludes halogenated alkanes) is 38. The fourth-order valence-electron chi connectivity index (χ4n) is 12.3. The molecule has 0 aromatic rings. The van der Waals surface area contributed by atoms with Crippen LogP contribution in [-0.2, 0) is 23.7 Å². The van der Waals surface area contributed by atoms with E-state index in [4.69, 9.17) is 18.9 Å². The molecule has 0 radical (unpaired) electrons. The molecule has 2 fully saturated rings. The molecule has 0 aromatic heterocycles. The Labute approximate surface area is 567 Å². The minimum atomic E-state index is -1.79. The standard InChI is InChI=1S/C79H141NO13/c1-3-5-7-9-11-13-15-17-19-21-23-25-27-28-29-30-31-32-33-34-35-36-37-38-39-40-41-43-45-47-49-51-53-55-57-59-61-63-71(84)80-67(66-90-78-76(89)74(87)77(70(65-82)92-78)93-79-75(88)73(86)72(85)69(64-81)91-79)68(83)62-60-58-56-54-52-50-48-46-44-42-26-24-22-20-18-16-14-12-10-8-6-4-2/h5,7,11,13,17,19,23,25,28-29,52,54,60,62,67-70,72-79,81-83,85-89H,3-4,6,8-10,12,14-16,18,20-22,24,26-27,30-51,53,55-59,61,63-66H2,1-2H3,(H,80,84)/b7-5-,13-11-,19-17-,25-23-,29-28-,54-52+,62-60+.